The molecule has 0 aliphatic rings. The highest BCUT2D eigenvalue weighted by Crippen LogP contribution is 2.31. The van der Waals surface area contributed by atoms with Gasteiger partial charge in [0.15, 0.2) is 0 Å². The average molecular weight is 318 g/mol. The summed E-state index contributed by atoms with van der Waals surface area (Å²) >= 11 is 12.7. The first kappa shape index (κ1) is 17.6. The number of halogens is 2. The summed E-state index contributed by atoms with van der Waals surface area (Å²) in [5.74, 6) is 0. The van der Waals surface area contributed by atoms with Crippen LogP contribution in [0.1, 0.15) is 51.0 Å². The third-order valence-electron chi connectivity index (χ3n) is 3.39. The van der Waals surface area contributed by atoms with Crippen molar-refractivity contribution in [1.82, 2.24) is 0 Å². The van der Waals surface area contributed by atoms with Crippen molar-refractivity contribution in [3.8, 4) is 0 Å². The van der Waals surface area contributed by atoms with Gasteiger partial charge in [-0.2, -0.15) is 0 Å². The van der Waals surface area contributed by atoms with Gasteiger partial charge in [0.1, 0.15) is 4.33 Å². The molecule has 0 heterocycles. The molecule has 0 unspecified atom stereocenters. The number of hydrogen-bond acceptors (Lipinski definition) is 2. The number of alkyl halides is 2. The molecule has 4 heteroatoms. The van der Waals surface area contributed by atoms with Gasteiger partial charge in [0, 0.05) is 17.8 Å². The number of benzene rings is 1. The Hall–Kier alpha value is -0.440. The zero-order chi connectivity index (χ0) is 14.8. The van der Waals surface area contributed by atoms with E-state index in [4.69, 9.17) is 23.2 Å². The molecule has 0 aliphatic heterocycles. The van der Waals surface area contributed by atoms with E-state index >= 15 is 0 Å². The summed E-state index contributed by atoms with van der Waals surface area (Å²) in [5, 5.41) is 12.5. The van der Waals surface area contributed by atoms with E-state index in [0.29, 0.717) is 13.0 Å². The number of aliphatic hydroxyl groups is 1. The zero-order valence-electron chi connectivity index (χ0n) is 12.2. The lowest BCUT2D eigenvalue weighted by Crippen LogP contribution is -2.18. The minimum atomic E-state index is -0.658. The lowest BCUT2D eigenvalue weighted by Gasteiger charge is -2.20. The maximum Gasteiger partial charge on any atom is 0.120 e. The van der Waals surface area contributed by atoms with Gasteiger partial charge in [-0.3, -0.25) is 0 Å². The van der Waals surface area contributed by atoms with Crippen LogP contribution in [0, 0.1) is 0 Å². The van der Waals surface area contributed by atoms with Crippen molar-refractivity contribution in [3.63, 3.8) is 0 Å². The van der Waals surface area contributed by atoms with Gasteiger partial charge in [-0.15, -0.1) is 23.2 Å². The highest BCUT2D eigenvalue weighted by atomic mass is 35.5. The molecular formula is C16H25Cl2NO. The van der Waals surface area contributed by atoms with Crippen molar-refractivity contribution in [1.29, 1.82) is 0 Å². The Morgan fingerprint density at radius 1 is 1.10 bits per heavy atom. The fraction of sp³-hybridized carbons (Fsp3) is 0.625. The molecule has 0 fully saturated rings. The first-order valence-corrected chi connectivity index (χ1v) is 8.15. The zero-order valence-corrected chi connectivity index (χ0v) is 13.7. The summed E-state index contributed by atoms with van der Waals surface area (Å²) in [6, 6.07) is 7.72. The SMILES string of the molecule is CCCCCCC(Cl)(Cl)CCNc1ccccc1CO. The van der Waals surface area contributed by atoms with Crippen molar-refractivity contribution in [3.05, 3.63) is 29.8 Å². The number of anilines is 1. The minimum Gasteiger partial charge on any atom is -0.392 e. The van der Waals surface area contributed by atoms with Crippen LogP contribution in [0.2, 0.25) is 0 Å². The number of rotatable bonds is 10. The molecule has 114 valence electrons. The van der Waals surface area contributed by atoms with Gasteiger partial charge in [-0.1, -0.05) is 50.8 Å². The van der Waals surface area contributed by atoms with Crippen molar-refractivity contribution >= 4 is 28.9 Å². The summed E-state index contributed by atoms with van der Waals surface area (Å²) < 4.78 is -0.658. The molecule has 0 atom stereocenters. The maximum atomic E-state index is 9.25. The lowest BCUT2D eigenvalue weighted by molar-refractivity contribution is 0.282. The number of unbranched alkanes of at least 4 members (excludes halogenated alkanes) is 3. The third kappa shape index (κ3) is 6.83. The van der Waals surface area contributed by atoms with Crippen LogP contribution in [-0.2, 0) is 6.61 Å². The Kier molecular flexibility index (Phi) is 8.35. The number of hydrogen-bond donors (Lipinski definition) is 2. The normalized spacial score (nSPS) is 11.6. The molecule has 0 saturated heterocycles. The van der Waals surface area contributed by atoms with Crippen LogP contribution in [0.4, 0.5) is 5.69 Å². The summed E-state index contributed by atoms with van der Waals surface area (Å²) in [6.07, 6.45) is 6.26. The lowest BCUT2D eigenvalue weighted by atomic mass is 10.1. The standard InChI is InChI=1S/C16H25Cl2NO/c1-2-3-4-7-10-16(17,18)11-12-19-15-9-6-5-8-14(15)13-20/h5-6,8-9,19-20H,2-4,7,10-13H2,1H3. The fourth-order valence-corrected chi connectivity index (χ4v) is 2.60. The predicted octanol–water partition coefficient (Wildman–Crippen LogP) is 5.13. The van der Waals surface area contributed by atoms with E-state index in [1.165, 1.54) is 19.3 Å². The summed E-state index contributed by atoms with van der Waals surface area (Å²) in [4.78, 5) is 0. The molecule has 1 aromatic rings. The molecule has 1 rings (SSSR count). The quantitative estimate of drug-likeness (QED) is 0.463. The van der Waals surface area contributed by atoms with Crippen LogP contribution in [-0.4, -0.2) is 16.0 Å². The second-order valence-electron chi connectivity index (χ2n) is 5.16. The van der Waals surface area contributed by atoms with Gasteiger partial charge in [0.05, 0.1) is 6.61 Å². The minimum absolute atomic E-state index is 0.0348. The number of para-hydroxylation sites is 1. The molecule has 0 bridgehead atoms. The molecule has 0 saturated carbocycles. The van der Waals surface area contributed by atoms with Crippen molar-refractivity contribution in [2.45, 2.75) is 56.4 Å². The molecular weight excluding hydrogens is 293 g/mol. The number of aliphatic hydroxyl groups excluding tert-OH is 1. The molecule has 0 amide bonds. The maximum absolute atomic E-state index is 9.25. The van der Waals surface area contributed by atoms with E-state index in [2.05, 4.69) is 12.2 Å². The van der Waals surface area contributed by atoms with Crippen LogP contribution < -0.4 is 5.32 Å². The molecule has 0 aliphatic carbocycles. The van der Waals surface area contributed by atoms with Crippen LogP contribution >= 0.6 is 23.2 Å². The van der Waals surface area contributed by atoms with Crippen molar-refractivity contribution in [2.24, 2.45) is 0 Å². The van der Waals surface area contributed by atoms with Crippen LogP contribution in [0.5, 0.6) is 0 Å². The smallest absolute Gasteiger partial charge is 0.120 e. The van der Waals surface area contributed by atoms with Gasteiger partial charge in [0.25, 0.3) is 0 Å². The Balaban J connectivity index is 2.31. The first-order valence-electron chi connectivity index (χ1n) is 7.39. The molecule has 1 aromatic carbocycles. The largest absolute Gasteiger partial charge is 0.392 e. The topological polar surface area (TPSA) is 32.3 Å². The van der Waals surface area contributed by atoms with Gasteiger partial charge < -0.3 is 10.4 Å². The highest BCUT2D eigenvalue weighted by molar-refractivity contribution is 6.48. The fourth-order valence-electron chi connectivity index (χ4n) is 2.15. The Labute approximate surface area is 132 Å². The van der Waals surface area contributed by atoms with Gasteiger partial charge in [-0.05, 0) is 18.9 Å². The van der Waals surface area contributed by atoms with Crippen molar-refractivity contribution in [2.75, 3.05) is 11.9 Å². The summed E-state index contributed by atoms with van der Waals surface area (Å²) in [5.41, 5.74) is 1.84. The van der Waals surface area contributed by atoms with Crippen LogP contribution in [0.3, 0.4) is 0 Å². The first-order chi connectivity index (χ1) is 9.59. The molecule has 2 N–H and O–H groups in total. The molecule has 2 nitrogen and oxygen atoms in total. The second kappa shape index (κ2) is 9.49. The van der Waals surface area contributed by atoms with E-state index in [1.54, 1.807) is 0 Å². The summed E-state index contributed by atoms with van der Waals surface area (Å²) in [6.45, 7) is 2.93. The van der Waals surface area contributed by atoms with E-state index in [-0.39, 0.29) is 6.61 Å². The monoisotopic (exact) mass is 317 g/mol. The second-order valence-corrected chi connectivity index (χ2v) is 6.80. The van der Waals surface area contributed by atoms with Gasteiger partial charge in [0.2, 0.25) is 0 Å². The molecule has 20 heavy (non-hydrogen) atoms. The molecule has 0 spiro atoms. The van der Waals surface area contributed by atoms with E-state index in [0.717, 1.165) is 24.1 Å². The third-order valence-corrected chi connectivity index (χ3v) is 4.15. The van der Waals surface area contributed by atoms with Crippen LogP contribution in [0.15, 0.2) is 24.3 Å². The van der Waals surface area contributed by atoms with Gasteiger partial charge in [-0.25, -0.2) is 0 Å². The predicted molar refractivity (Wildman–Crippen MR) is 88.7 cm³/mol. The Morgan fingerprint density at radius 2 is 1.85 bits per heavy atom. The van der Waals surface area contributed by atoms with E-state index in [9.17, 15) is 5.11 Å². The van der Waals surface area contributed by atoms with Crippen molar-refractivity contribution < 1.29 is 5.11 Å². The highest BCUT2D eigenvalue weighted by Gasteiger charge is 2.22. The average Bonchev–Trinajstić information content (AvgIpc) is 2.44. The van der Waals surface area contributed by atoms with Crippen LogP contribution in [0.25, 0.3) is 0 Å². The van der Waals surface area contributed by atoms with Gasteiger partial charge >= 0.3 is 0 Å². The molecule has 0 aromatic heterocycles. The Bertz CT molecular complexity index is 382. The summed E-state index contributed by atoms with van der Waals surface area (Å²) in [7, 11) is 0. The Morgan fingerprint density at radius 3 is 2.55 bits per heavy atom. The van der Waals surface area contributed by atoms with E-state index < -0.39 is 4.33 Å². The molecule has 0 radical (unpaired) electrons. The van der Waals surface area contributed by atoms with E-state index in [1.807, 2.05) is 24.3 Å². The number of nitrogens with one attached hydrogen (secondary N) is 1.